The van der Waals surface area contributed by atoms with Gasteiger partial charge in [-0.05, 0) is 81.0 Å². The maximum absolute atomic E-state index is 12.7. The maximum Gasteiger partial charge on any atom is 0.227 e. The van der Waals surface area contributed by atoms with Crippen molar-refractivity contribution in [2.75, 3.05) is 17.2 Å². The third-order valence-electron chi connectivity index (χ3n) is 5.92. The Bertz CT molecular complexity index is 1030. The summed E-state index contributed by atoms with van der Waals surface area (Å²) in [5, 5.41) is 6.36. The number of nitrogens with zero attached hydrogens (tertiary/aromatic N) is 3. The predicted octanol–water partition coefficient (Wildman–Crippen LogP) is 4.29. The molecule has 1 amide bonds. The number of hydrogen-bond acceptors (Lipinski definition) is 6. The van der Waals surface area contributed by atoms with E-state index in [2.05, 4.69) is 25.6 Å². The van der Waals surface area contributed by atoms with Gasteiger partial charge in [-0.3, -0.25) is 9.78 Å². The summed E-state index contributed by atoms with van der Waals surface area (Å²) in [4.78, 5) is 25.8. The summed E-state index contributed by atoms with van der Waals surface area (Å²) in [6, 6.07) is 11.5. The van der Waals surface area contributed by atoms with E-state index in [0.29, 0.717) is 18.4 Å². The van der Waals surface area contributed by atoms with Gasteiger partial charge in [-0.1, -0.05) is 6.07 Å². The van der Waals surface area contributed by atoms with E-state index in [1.807, 2.05) is 43.3 Å². The van der Waals surface area contributed by atoms with Gasteiger partial charge in [-0.2, -0.15) is 0 Å². The van der Waals surface area contributed by atoms with Gasteiger partial charge in [0.15, 0.2) is 0 Å². The van der Waals surface area contributed by atoms with Crippen LogP contribution >= 0.6 is 0 Å². The van der Waals surface area contributed by atoms with Crippen molar-refractivity contribution >= 4 is 23.2 Å². The van der Waals surface area contributed by atoms with Crippen molar-refractivity contribution in [2.45, 2.75) is 32.6 Å². The van der Waals surface area contributed by atoms with Crippen LogP contribution in [0.4, 0.5) is 17.3 Å². The zero-order valence-corrected chi connectivity index (χ0v) is 17.7. The van der Waals surface area contributed by atoms with Crippen molar-refractivity contribution in [2.24, 2.45) is 17.6 Å². The minimum atomic E-state index is 0.0556. The largest absolute Gasteiger partial charge is 0.330 e. The number of carbonyl (C=O) groups excluding carboxylic acids is 1. The van der Waals surface area contributed by atoms with Gasteiger partial charge in [0, 0.05) is 41.4 Å². The second-order valence-corrected chi connectivity index (χ2v) is 8.10. The van der Waals surface area contributed by atoms with Gasteiger partial charge in [0.2, 0.25) is 11.9 Å². The van der Waals surface area contributed by atoms with Crippen LogP contribution in [-0.4, -0.2) is 27.4 Å². The molecule has 1 aliphatic carbocycles. The Labute approximate surface area is 182 Å². The van der Waals surface area contributed by atoms with Crippen LogP contribution in [0.15, 0.2) is 55.0 Å². The molecule has 0 atom stereocenters. The van der Waals surface area contributed by atoms with Crippen molar-refractivity contribution in [3.8, 4) is 11.3 Å². The number of pyridine rings is 1. The summed E-state index contributed by atoms with van der Waals surface area (Å²) in [5.41, 5.74) is 10.1. The van der Waals surface area contributed by atoms with Crippen molar-refractivity contribution < 1.29 is 4.79 Å². The second kappa shape index (κ2) is 9.66. The number of nitrogens with two attached hydrogens (primary N) is 1. The molecule has 7 nitrogen and oxygen atoms in total. The molecule has 2 heterocycles. The lowest BCUT2D eigenvalue weighted by molar-refractivity contribution is -0.121. The van der Waals surface area contributed by atoms with E-state index in [1.54, 1.807) is 18.6 Å². The molecular weight excluding hydrogens is 388 g/mol. The highest BCUT2D eigenvalue weighted by Gasteiger charge is 2.25. The van der Waals surface area contributed by atoms with E-state index >= 15 is 0 Å². The fourth-order valence-corrected chi connectivity index (χ4v) is 3.95. The Kier molecular flexibility index (Phi) is 6.52. The fraction of sp³-hybridized carbons (Fsp3) is 0.333. The molecule has 1 aromatic carbocycles. The molecule has 0 bridgehead atoms. The summed E-state index contributed by atoms with van der Waals surface area (Å²) in [6.07, 6.45) is 9.08. The lowest BCUT2D eigenvalue weighted by atomic mass is 9.81. The zero-order valence-electron chi connectivity index (χ0n) is 17.7. The molecule has 0 saturated heterocycles. The van der Waals surface area contributed by atoms with E-state index in [0.717, 1.165) is 53.9 Å². The molecule has 0 spiro atoms. The normalized spacial score (nSPS) is 18.4. The van der Waals surface area contributed by atoms with Gasteiger partial charge in [-0.15, -0.1) is 0 Å². The van der Waals surface area contributed by atoms with Crippen LogP contribution in [0.25, 0.3) is 11.3 Å². The molecule has 2 aromatic heterocycles. The lowest BCUT2D eigenvalue weighted by Crippen LogP contribution is -2.29. The Balaban J connectivity index is 1.46. The first-order valence-corrected chi connectivity index (χ1v) is 10.7. The van der Waals surface area contributed by atoms with Crippen LogP contribution < -0.4 is 16.4 Å². The molecule has 1 aliphatic rings. The van der Waals surface area contributed by atoms with Gasteiger partial charge in [0.1, 0.15) is 0 Å². The van der Waals surface area contributed by atoms with Crippen LogP contribution in [0.3, 0.4) is 0 Å². The fourth-order valence-electron chi connectivity index (χ4n) is 3.95. The van der Waals surface area contributed by atoms with Gasteiger partial charge in [-0.25, -0.2) is 9.97 Å². The first-order chi connectivity index (χ1) is 15.1. The Morgan fingerprint density at radius 2 is 1.97 bits per heavy atom. The minimum absolute atomic E-state index is 0.0556. The van der Waals surface area contributed by atoms with Gasteiger partial charge >= 0.3 is 0 Å². The number of nitrogens with one attached hydrogen (secondary N) is 2. The number of amides is 1. The number of hydrogen-bond donors (Lipinski definition) is 3. The van der Waals surface area contributed by atoms with Gasteiger partial charge in [0.25, 0.3) is 0 Å². The molecule has 1 fully saturated rings. The zero-order chi connectivity index (χ0) is 21.6. The Hall–Kier alpha value is -3.32. The van der Waals surface area contributed by atoms with Gasteiger partial charge < -0.3 is 16.4 Å². The molecular formula is C24H28N6O. The quantitative estimate of drug-likeness (QED) is 0.553. The highest BCUT2D eigenvalue weighted by atomic mass is 16.1. The third-order valence-corrected chi connectivity index (χ3v) is 5.92. The topological polar surface area (TPSA) is 106 Å². The monoisotopic (exact) mass is 416 g/mol. The number of aromatic nitrogens is 3. The SMILES string of the molecule is Cc1ccc(NC(=O)C2CCC(CN)CC2)cc1Nc1nccc(-c2cccnc2)n1. The molecule has 160 valence electrons. The number of anilines is 3. The van der Waals surface area contributed by atoms with Crippen molar-refractivity contribution in [3.05, 3.63) is 60.6 Å². The average molecular weight is 417 g/mol. The first kappa shape index (κ1) is 20.9. The van der Waals surface area contributed by atoms with Crippen LogP contribution in [0.5, 0.6) is 0 Å². The molecule has 1 saturated carbocycles. The molecule has 3 aromatic rings. The number of benzene rings is 1. The Morgan fingerprint density at radius 1 is 1.13 bits per heavy atom. The lowest BCUT2D eigenvalue weighted by Gasteiger charge is -2.26. The third kappa shape index (κ3) is 5.24. The summed E-state index contributed by atoms with van der Waals surface area (Å²) in [5.74, 6) is 1.19. The van der Waals surface area contributed by atoms with E-state index < -0.39 is 0 Å². The molecule has 4 rings (SSSR count). The predicted molar refractivity (Wildman–Crippen MR) is 123 cm³/mol. The second-order valence-electron chi connectivity index (χ2n) is 8.10. The van der Waals surface area contributed by atoms with E-state index in [4.69, 9.17) is 5.73 Å². The molecule has 7 heteroatoms. The summed E-state index contributed by atoms with van der Waals surface area (Å²) >= 11 is 0. The highest BCUT2D eigenvalue weighted by Crippen LogP contribution is 2.30. The van der Waals surface area contributed by atoms with Crippen molar-refractivity contribution in [3.63, 3.8) is 0 Å². The number of aryl methyl sites for hydroxylation is 1. The van der Waals surface area contributed by atoms with Crippen molar-refractivity contribution in [1.82, 2.24) is 15.0 Å². The summed E-state index contributed by atoms with van der Waals surface area (Å²) in [6.45, 7) is 2.72. The summed E-state index contributed by atoms with van der Waals surface area (Å²) < 4.78 is 0. The number of rotatable bonds is 6. The summed E-state index contributed by atoms with van der Waals surface area (Å²) in [7, 11) is 0. The van der Waals surface area contributed by atoms with Crippen LogP contribution in [0.1, 0.15) is 31.2 Å². The molecule has 0 aliphatic heterocycles. The number of carbonyl (C=O) groups is 1. The van der Waals surface area contributed by atoms with Crippen LogP contribution in [0, 0.1) is 18.8 Å². The maximum atomic E-state index is 12.7. The van der Waals surface area contributed by atoms with Crippen molar-refractivity contribution in [1.29, 1.82) is 0 Å². The molecule has 4 N–H and O–H groups in total. The molecule has 0 unspecified atom stereocenters. The molecule has 0 radical (unpaired) electrons. The highest BCUT2D eigenvalue weighted by molar-refractivity contribution is 5.93. The average Bonchev–Trinajstić information content (AvgIpc) is 2.82. The van der Waals surface area contributed by atoms with Crippen LogP contribution in [0.2, 0.25) is 0 Å². The van der Waals surface area contributed by atoms with E-state index in [-0.39, 0.29) is 11.8 Å². The Morgan fingerprint density at radius 3 is 2.71 bits per heavy atom. The first-order valence-electron chi connectivity index (χ1n) is 10.7. The smallest absolute Gasteiger partial charge is 0.227 e. The van der Waals surface area contributed by atoms with E-state index in [9.17, 15) is 4.79 Å². The molecule has 31 heavy (non-hydrogen) atoms. The standard InChI is InChI=1S/C24H28N6O/c1-16-4-9-20(28-23(31)18-7-5-17(14-25)6-8-18)13-22(16)30-24-27-12-10-21(29-24)19-3-2-11-26-15-19/h2-4,9-13,15,17-18H,5-8,14,25H2,1H3,(H,28,31)(H,27,29,30). The van der Waals surface area contributed by atoms with Crippen LogP contribution in [-0.2, 0) is 4.79 Å². The van der Waals surface area contributed by atoms with Gasteiger partial charge in [0.05, 0.1) is 5.69 Å². The minimum Gasteiger partial charge on any atom is -0.330 e. The van der Waals surface area contributed by atoms with E-state index in [1.165, 1.54) is 0 Å².